The Balaban J connectivity index is 2.65. The summed E-state index contributed by atoms with van der Waals surface area (Å²) in [6.07, 6.45) is 1.66. The third-order valence-corrected chi connectivity index (χ3v) is 4.71. The summed E-state index contributed by atoms with van der Waals surface area (Å²) in [5.74, 6) is 0.719. The molecule has 4 nitrogen and oxygen atoms in total. The second kappa shape index (κ2) is 7.50. The molecule has 0 saturated heterocycles. The Bertz CT molecular complexity index is 485. The van der Waals surface area contributed by atoms with Gasteiger partial charge in [0.15, 0.2) is 9.84 Å². The van der Waals surface area contributed by atoms with Crippen LogP contribution in [-0.4, -0.2) is 33.9 Å². The van der Waals surface area contributed by atoms with E-state index in [1.54, 1.807) is 24.3 Å². The molecule has 1 unspecified atom stereocenters. The van der Waals surface area contributed by atoms with Gasteiger partial charge in [-0.2, -0.15) is 0 Å². The van der Waals surface area contributed by atoms with Crippen LogP contribution in [0, 0.1) is 0 Å². The fourth-order valence-electron chi connectivity index (χ4n) is 1.74. The SMILES string of the molecule is CCCNC(C)CCS(=O)(=O)c1cccc(OC)c1. The van der Waals surface area contributed by atoms with Crippen LogP contribution in [0.4, 0.5) is 0 Å². The molecule has 1 aromatic carbocycles. The van der Waals surface area contributed by atoms with Crippen LogP contribution in [0.2, 0.25) is 0 Å². The first-order chi connectivity index (χ1) is 8.99. The number of methoxy groups -OCH3 is 1. The molecule has 0 aliphatic heterocycles. The zero-order valence-corrected chi connectivity index (χ0v) is 12.7. The lowest BCUT2D eigenvalue weighted by Gasteiger charge is -2.13. The smallest absolute Gasteiger partial charge is 0.178 e. The van der Waals surface area contributed by atoms with Crippen molar-refractivity contribution in [3.63, 3.8) is 0 Å². The maximum Gasteiger partial charge on any atom is 0.178 e. The average Bonchev–Trinajstić information content (AvgIpc) is 2.43. The summed E-state index contributed by atoms with van der Waals surface area (Å²) in [5, 5.41) is 3.29. The fourth-order valence-corrected chi connectivity index (χ4v) is 3.22. The second-order valence-corrected chi connectivity index (χ2v) is 6.75. The van der Waals surface area contributed by atoms with Gasteiger partial charge in [-0.1, -0.05) is 13.0 Å². The average molecular weight is 285 g/mol. The van der Waals surface area contributed by atoms with Gasteiger partial charge in [0.1, 0.15) is 5.75 Å². The van der Waals surface area contributed by atoms with Crippen LogP contribution in [0.25, 0.3) is 0 Å². The summed E-state index contributed by atoms with van der Waals surface area (Å²) in [6, 6.07) is 6.83. The van der Waals surface area contributed by atoms with Gasteiger partial charge in [0.25, 0.3) is 0 Å². The van der Waals surface area contributed by atoms with Crippen LogP contribution in [0.5, 0.6) is 5.75 Å². The summed E-state index contributed by atoms with van der Waals surface area (Å²) in [5.41, 5.74) is 0. The van der Waals surface area contributed by atoms with Crippen LogP contribution in [0.3, 0.4) is 0 Å². The van der Waals surface area contributed by atoms with E-state index in [0.717, 1.165) is 13.0 Å². The quantitative estimate of drug-likeness (QED) is 0.796. The van der Waals surface area contributed by atoms with Crippen molar-refractivity contribution in [1.29, 1.82) is 0 Å². The van der Waals surface area contributed by atoms with Crippen molar-refractivity contribution in [3.05, 3.63) is 24.3 Å². The van der Waals surface area contributed by atoms with E-state index in [1.165, 1.54) is 7.11 Å². The van der Waals surface area contributed by atoms with E-state index in [-0.39, 0.29) is 11.8 Å². The molecule has 0 aliphatic rings. The van der Waals surface area contributed by atoms with Gasteiger partial charge in [0.05, 0.1) is 17.8 Å². The molecule has 0 fully saturated rings. The minimum Gasteiger partial charge on any atom is -0.497 e. The maximum absolute atomic E-state index is 12.2. The van der Waals surface area contributed by atoms with Gasteiger partial charge in [-0.25, -0.2) is 8.42 Å². The molecule has 5 heteroatoms. The number of rotatable bonds is 8. The molecule has 0 aliphatic carbocycles. The molecule has 0 amide bonds. The minimum atomic E-state index is -3.23. The summed E-state index contributed by atoms with van der Waals surface area (Å²) in [4.78, 5) is 0.328. The van der Waals surface area contributed by atoms with Gasteiger partial charge >= 0.3 is 0 Å². The number of benzene rings is 1. The third kappa shape index (κ3) is 5.20. The Hall–Kier alpha value is -1.07. The van der Waals surface area contributed by atoms with Crippen LogP contribution in [0.15, 0.2) is 29.2 Å². The molecule has 0 heterocycles. The standard InChI is InChI=1S/C14H23NO3S/c1-4-9-15-12(2)8-10-19(16,17)14-7-5-6-13(11-14)18-3/h5-7,11-12,15H,4,8-10H2,1-3H3. The maximum atomic E-state index is 12.2. The van der Waals surface area contributed by atoms with E-state index in [2.05, 4.69) is 12.2 Å². The van der Waals surface area contributed by atoms with Crippen LogP contribution in [-0.2, 0) is 9.84 Å². The Morgan fingerprint density at radius 1 is 1.37 bits per heavy atom. The van der Waals surface area contributed by atoms with E-state index in [9.17, 15) is 8.42 Å². The normalized spacial score (nSPS) is 13.2. The van der Waals surface area contributed by atoms with Crippen molar-refractivity contribution in [3.8, 4) is 5.75 Å². The van der Waals surface area contributed by atoms with Gasteiger partial charge in [-0.15, -0.1) is 0 Å². The highest BCUT2D eigenvalue weighted by Gasteiger charge is 2.16. The number of nitrogens with one attached hydrogen (secondary N) is 1. The first kappa shape index (κ1) is 16.0. The van der Waals surface area contributed by atoms with Crippen LogP contribution in [0.1, 0.15) is 26.7 Å². The molecule has 1 rings (SSSR count). The first-order valence-corrected chi connectivity index (χ1v) is 8.25. The van der Waals surface area contributed by atoms with Crippen molar-refractivity contribution in [2.75, 3.05) is 19.4 Å². The fraction of sp³-hybridized carbons (Fsp3) is 0.571. The molecule has 1 N–H and O–H groups in total. The van der Waals surface area contributed by atoms with Crippen molar-refractivity contribution < 1.29 is 13.2 Å². The Kier molecular flexibility index (Phi) is 6.31. The zero-order chi connectivity index (χ0) is 14.3. The zero-order valence-electron chi connectivity index (χ0n) is 11.8. The second-order valence-electron chi connectivity index (χ2n) is 4.64. The molecule has 0 aromatic heterocycles. The minimum absolute atomic E-state index is 0.151. The predicted octanol–water partition coefficient (Wildman–Crippen LogP) is 2.25. The summed E-state index contributed by atoms with van der Waals surface area (Å²) in [6.45, 7) is 5.02. The van der Waals surface area contributed by atoms with Crippen molar-refractivity contribution in [2.24, 2.45) is 0 Å². The molecular weight excluding hydrogens is 262 g/mol. The predicted molar refractivity (Wildman–Crippen MR) is 77.4 cm³/mol. The lowest BCUT2D eigenvalue weighted by atomic mass is 10.2. The van der Waals surface area contributed by atoms with Gasteiger partial charge in [0.2, 0.25) is 0 Å². The molecule has 19 heavy (non-hydrogen) atoms. The number of hydrogen-bond donors (Lipinski definition) is 1. The number of sulfone groups is 1. The number of hydrogen-bond acceptors (Lipinski definition) is 4. The van der Waals surface area contributed by atoms with E-state index in [1.807, 2.05) is 6.92 Å². The summed E-state index contributed by atoms with van der Waals surface area (Å²) in [7, 11) is -1.70. The van der Waals surface area contributed by atoms with Crippen LogP contribution < -0.4 is 10.1 Å². The monoisotopic (exact) mass is 285 g/mol. The largest absolute Gasteiger partial charge is 0.497 e. The van der Waals surface area contributed by atoms with Crippen molar-refractivity contribution in [2.45, 2.75) is 37.6 Å². The van der Waals surface area contributed by atoms with Crippen molar-refractivity contribution in [1.82, 2.24) is 5.32 Å². The Morgan fingerprint density at radius 3 is 2.74 bits per heavy atom. The molecule has 1 aromatic rings. The van der Waals surface area contributed by atoms with Crippen LogP contribution >= 0.6 is 0 Å². The van der Waals surface area contributed by atoms with Gasteiger partial charge in [-0.3, -0.25) is 0 Å². The Morgan fingerprint density at radius 2 is 2.11 bits per heavy atom. The van der Waals surface area contributed by atoms with Gasteiger partial charge < -0.3 is 10.1 Å². The van der Waals surface area contributed by atoms with E-state index in [4.69, 9.17) is 4.74 Å². The lowest BCUT2D eigenvalue weighted by Crippen LogP contribution is -2.28. The summed E-state index contributed by atoms with van der Waals surface area (Å²) >= 11 is 0. The molecule has 0 spiro atoms. The van der Waals surface area contributed by atoms with Crippen molar-refractivity contribution >= 4 is 9.84 Å². The highest BCUT2D eigenvalue weighted by Crippen LogP contribution is 2.19. The van der Waals surface area contributed by atoms with E-state index < -0.39 is 9.84 Å². The third-order valence-electron chi connectivity index (χ3n) is 2.96. The molecule has 108 valence electrons. The molecular formula is C14H23NO3S. The molecule has 1 atom stereocenters. The summed E-state index contributed by atoms with van der Waals surface area (Å²) < 4.78 is 29.4. The Labute approximate surface area is 116 Å². The molecule has 0 saturated carbocycles. The van der Waals surface area contributed by atoms with E-state index >= 15 is 0 Å². The van der Waals surface area contributed by atoms with Gasteiger partial charge in [-0.05, 0) is 44.5 Å². The lowest BCUT2D eigenvalue weighted by molar-refractivity contribution is 0.413. The number of ether oxygens (including phenoxy) is 1. The topological polar surface area (TPSA) is 55.4 Å². The van der Waals surface area contributed by atoms with Gasteiger partial charge in [0, 0.05) is 6.04 Å². The highest BCUT2D eigenvalue weighted by atomic mass is 32.2. The van der Waals surface area contributed by atoms with E-state index in [0.29, 0.717) is 17.1 Å². The molecule has 0 radical (unpaired) electrons. The molecule has 0 bridgehead atoms. The first-order valence-electron chi connectivity index (χ1n) is 6.59. The highest BCUT2D eigenvalue weighted by molar-refractivity contribution is 7.91.